The number of benzene rings is 2. The van der Waals surface area contributed by atoms with Gasteiger partial charge in [0.25, 0.3) is 0 Å². The number of amides is 2. The van der Waals surface area contributed by atoms with Gasteiger partial charge in [-0.2, -0.15) is 5.10 Å². The molecule has 0 radical (unpaired) electrons. The third-order valence-corrected chi connectivity index (χ3v) is 6.38. The Balaban J connectivity index is 1.12. The van der Waals surface area contributed by atoms with Crippen molar-refractivity contribution >= 4 is 18.0 Å². The molecule has 2 aromatic carbocycles. The van der Waals surface area contributed by atoms with Gasteiger partial charge in [0.2, 0.25) is 5.91 Å². The minimum atomic E-state index is -1.07. The van der Waals surface area contributed by atoms with Crippen LogP contribution in [0.1, 0.15) is 33.1 Å². The Labute approximate surface area is 201 Å². The first-order valence-corrected chi connectivity index (χ1v) is 11.3. The van der Waals surface area contributed by atoms with Crippen molar-refractivity contribution in [3.8, 4) is 11.1 Å². The predicted molar refractivity (Wildman–Crippen MR) is 127 cm³/mol. The number of fused-ring (bicyclic) bond motifs is 4. The van der Waals surface area contributed by atoms with Crippen LogP contribution in [0, 0.1) is 0 Å². The molecule has 0 saturated heterocycles. The normalized spacial score (nSPS) is 14.3. The Hall–Kier alpha value is -4.40. The summed E-state index contributed by atoms with van der Waals surface area (Å²) >= 11 is 0. The van der Waals surface area contributed by atoms with E-state index in [4.69, 9.17) is 4.74 Å². The summed E-state index contributed by atoms with van der Waals surface area (Å²) in [5.41, 5.74) is 5.21. The van der Waals surface area contributed by atoms with Crippen LogP contribution in [-0.4, -0.2) is 57.5 Å². The number of alkyl carbamates (subject to hydrolysis) is 1. The molecule has 0 bridgehead atoms. The van der Waals surface area contributed by atoms with E-state index in [9.17, 15) is 19.5 Å². The van der Waals surface area contributed by atoms with Gasteiger partial charge in [0.05, 0.1) is 25.0 Å². The molecule has 2 aliphatic rings. The van der Waals surface area contributed by atoms with Crippen molar-refractivity contribution in [1.29, 1.82) is 0 Å². The van der Waals surface area contributed by atoms with E-state index in [-0.39, 0.29) is 37.1 Å². The molecule has 2 heterocycles. The quantitative estimate of drug-likeness (QED) is 0.533. The van der Waals surface area contributed by atoms with Crippen LogP contribution in [0.2, 0.25) is 0 Å². The molecule has 35 heavy (non-hydrogen) atoms. The second-order valence-electron chi connectivity index (χ2n) is 8.40. The van der Waals surface area contributed by atoms with E-state index in [1.165, 1.54) is 12.3 Å². The van der Waals surface area contributed by atoms with Gasteiger partial charge in [0.1, 0.15) is 12.2 Å². The summed E-state index contributed by atoms with van der Waals surface area (Å²) in [6.07, 6.45) is 3.67. The molecule has 178 valence electrons. The second kappa shape index (κ2) is 9.46. The Morgan fingerprint density at radius 2 is 1.74 bits per heavy atom. The molecule has 0 saturated carbocycles. The molecule has 2 N–H and O–H groups in total. The molecule has 1 aliphatic heterocycles. The third-order valence-electron chi connectivity index (χ3n) is 6.38. The van der Waals surface area contributed by atoms with Crippen molar-refractivity contribution < 1.29 is 24.2 Å². The van der Waals surface area contributed by atoms with Crippen molar-refractivity contribution in [2.75, 3.05) is 19.7 Å². The van der Waals surface area contributed by atoms with Crippen molar-refractivity contribution in [1.82, 2.24) is 20.0 Å². The number of aromatic carboxylic acids is 1. The molecule has 0 spiro atoms. The van der Waals surface area contributed by atoms with E-state index in [0.29, 0.717) is 18.8 Å². The number of aromatic nitrogens is 2. The first-order chi connectivity index (χ1) is 17.0. The first-order valence-electron chi connectivity index (χ1n) is 11.3. The smallest absolute Gasteiger partial charge is 0.407 e. The molecule has 0 fully saturated rings. The van der Waals surface area contributed by atoms with Gasteiger partial charge >= 0.3 is 12.1 Å². The summed E-state index contributed by atoms with van der Waals surface area (Å²) in [6.45, 7) is 1.38. The molecule has 0 unspecified atom stereocenters. The minimum absolute atomic E-state index is 0.0199. The number of rotatable bonds is 6. The van der Waals surface area contributed by atoms with Gasteiger partial charge in [-0.05, 0) is 22.3 Å². The largest absolute Gasteiger partial charge is 0.478 e. The number of ether oxygens (including phenoxy) is 1. The highest BCUT2D eigenvalue weighted by Crippen LogP contribution is 2.44. The van der Waals surface area contributed by atoms with Crippen LogP contribution in [0.5, 0.6) is 0 Å². The predicted octanol–water partition coefficient (Wildman–Crippen LogP) is 3.02. The highest BCUT2D eigenvalue weighted by atomic mass is 16.5. The van der Waals surface area contributed by atoms with Crippen LogP contribution in [0.4, 0.5) is 4.79 Å². The van der Waals surface area contributed by atoms with Crippen molar-refractivity contribution in [2.45, 2.75) is 19.0 Å². The van der Waals surface area contributed by atoms with Crippen molar-refractivity contribution in [2.24, 2.45) is 0 Å². The molecule has 0 atom stereocenters. The fourth-order valence-electron chi connectivity index (χ4n) is 4.67. The van der Waals surface area contributed by atoms with Crippen molar-refractivity contribution in [3.05, 3.63) is 89.3 Å². The van der Waals surface area contributed by atoms with E-state index < -0.39 is 12.1 Å². The molecular formula is C26H24N4O5. The monoisotopic (exact) mass is 472 g/mol. The number of hydrogen-bond acceptors (Lipinski definition) is 5. The summed E-state index contributed by atoms with van der Waals surface area (Å²) in [6, 6.07) is 16.2. The number of hydrogen-bond donors (Lipinski definition) is 2. The number of carbonyl (C=O) groups is 3. The molecule has 1 aliphatic carbocycles. The summed E-state index contributed by atoms with van der Waals surface area (Å²) in [5, 5.41) is 16.0. The van der Waals surface area contributed by atoms with Gasteiger partial charge in [-0.1, -0.05) is 54.6 Å². The lowest BCUT2D eigenvalue weighted by Gasteiger charge is -2.27. The Morgan fingerprint density at radius 1 is 1.06 bits per heavy atom. The maximum atomic E-state index is 12.5. The number of carboxylic acid groups (broad SMARTS) is 1. The molecule has 2 amide bonds. The van der Waals surface area contributed by atoms with Crippen LogP contribution < -0.4 is 5.32 Å². The van der Waals surface area contributed by atoms with Crippen LogP contribution in [-0.2, 0) is 22.6 Å². The zero-order chi connectivity index (χ0) is 24.4. The molecule has 5 rings (SSSR count). The van der Waals surface area contributed by atoms with Crippen LogP contribution in [0.15, 0.2) is 66.9 Å². The topological polar surface area (TPSA) is 114 Å². The number of carbonyl (C=O) groups excluding carboxylic acids is 2. The maximum absolute atomic E-state index is 12.5. The van der Waals surface area contributed by atoms with Crippen LogP contribution >= 0.6 is 0 Å². The zero-order valence-corrected chi connectivity index (χ0v) is 18.9. The summed E-state index contributed by atoms with van der Waals surface area (Å²) in [5.74, 6) is -1.35. The van der Waals surface area contributed by atoms with E-state index in [2.05, 4.69) is 34.7 Å². The molecule has 9 nitrogen and oxygen atoms in total. The fourth-order valence-corrected chi connectivity index (χ4v) is 4.67. The van der Waals surface area contributed by atoms with E-state index in [1.807, 2.05) is 24.3 Å². The van der Waals surface area contributed by atoms with Gasteiger partial charge < -0.3 is 20.1 Å². The zero-order valence-electron chi connectivity index (χ0n) is 18.9. The number of carboxylic acids is 1. The Bertz CT molecular complexity index is 1280. The van der Waals surface area contributed by atoms with Gasteiger partial charge in [0.15, 0.2) is 0 Å². The van der Waals surface area contributed by atoms with Gasteiger partial charge in [-0.3, -0.25) is 9.48 Å². The highest BCUT2D eigenvalue weighted by molar-refractivity contribution is 5.90. The average Bonchev–Trinajstić information content (AvgIpc) is 3.44. The third kappa shape index (κ3) is 4.40. The summed E-state index contributed by atoms with van der Waals surface area (Å²) < 4.78 is 7.09. The lowest BCUT2D eigenvalue weighted by molar-refractivity contribution is -0.127. The standard InChI is InChI=1S/C26H24N4O5/c31-24(29-12-13-30-23(15-29)21(14-28-30)25(32)33)10-5-11-27-26(34)35-16-22-19-8-3-1-6-17(19)18-7-2-4-9-20(18)22/h1-10,14,22H,11-13,15-16H2,(H,27,34)(H,32,33)/b10-5+. The molecular weight excluding hydrogens is 448 g/mol. The van der Waals surface area contributed by atoms with Gasteiger partial charge in [-0.15, -0.1) is 0 Å². The average molecular weight is 473 g/mol. The second-order valence-corrected chi connectivity index (χ2v) is 8.40. The molecule has 9 heteroatoms. The van der Waals surface area contributed by atoms with Gasteiger partial charge in [-0.25, -0.2) is 9.59 Å². The van der Waals surface area contributed by atoms with E-state index in [0.717, 1.165) is 22.3 Å². The summed E-state index contributed by atoms with van der Waals surface area (Å²) in [4.78, 5) is 37.6. The summed E-state index contributed by atoms with van der Waals surface area (Å²) in [7, 11) is 0. The van der Waals surface area contributed by atoms with Crippen LogP contribution in [0.3, 0.4) is 0 Å². The number of nitrogens with one attached hydrogen (secondary N) is 1. The maximum Gasteiger partial charge on any atom is 0.407 e. The molecule has 1 aromatic heterocycles. The van der Waals surface area contributed by atoms with E-state index in [1.54, 1.807) is 15.7 Å². The Morgan fingerprint density at radius 3 is 2.43 bits per heavy atom. The SMILES string of the molecule is O=C(NC/C=C/C(=O)N1CCn2ncc(C(=O)O)c2C1)OCC1c2ccccc2-c2ccccc21. The fraction of sp³-hybridized carbons (Fsp3) is 0.231. The van der Waals surface area contributed by atoms with Crippen LogP contribution in [0.25, 0.3) is 11.1 Å². The highest BCUT2D eigenvalue weighted by Gasteiger charge is 2.29. The number of nitrogens with zero attached hydrogens (tertiary/aromatic N) is 3. The Kier molecular flexibility index (Phi) is 6.05. The minimum Gasteiger partial charge on any atom is -0.478 e. The van der Waals surface area contributed by atoms with Gasteiger partial charge in [0, 0.05) is 25.1 Å². The first kappa shape index (κ1) is 22.4. The van der Waals surface area contributed by atoms with E-state index >= 15 is 0 Å². The molecule has 3 aromatic rings. The lowest BCUT2D eigenvalue weighted by atomic mass is 9.98. The van der Waals surface area contributed by atoms with Crippen molar-refractivity contribution in [3.63, 3.8) is 0 Å². The lowest BCUT2D eigenvalue weighted by Crippen LogP contribution is -2.38.